The number of esters is 1. The van der Waals surface area contributed by atoms with Crippen LogP contribution in [-0.4, -0.2) is 50.2 Å². The Bertz CT molecular complexity index is 1010. The van der Waals surface area contributed by atoms with Crippen LogP contribution in [0.4, 0.5) is 0 Å². The third kappa shape index (κ3) is 5.11. The van der Waals surface area contributed by atoms with Crippen LogP contribution >= 0.6 is 11.3 Å². The van der Waals surface area contributed by atoms with Gasteiger partial charge in [0.15, 0.2) is 0 Å². The van der Waals surface area contributed by atoms with E-state index in [1.54, 1.807) is 16.9 Å². The normalized spacial score (nSPS) is 20.9. The number of hydrogen-bond acceptors (Lipinski definition) is 5. The molecule has 0 radical (unpaired) electrons. The van der Waals surface area contributed by atoms with Crippen molar-refractivity contribution in [2.75, 3.05) is 39.3 Å². The van der Waals surface area contributed by atoms with Gasteiger partial charge >= 0.3 is 5.97 Å². The Labute approximate surface area is 202 Å². The first kappa shape index (κ1) is 22.8. The average Bonchev–Trinajstić information content (AvgIpc) is 3.48. The van der Waals surface area contributed by atoms with Crippen LogP contribution in [0, 0.1) is 5.92 Å². The number of fused-ring (bicyclic) bond motifs is 2. The van der Waals surface area contributed by atoms with Crippen molar-refractivity contribution < 1.29 is 9.53 Å². The van der Waals surface area contributed by atoms with Crippen molar-refractivity contribution in [2.24, 2.45) is 5.92 Å². The molecule has 3 aliphatic rings. The Balaban J connectivity index is 1.37. The zero-order chi connectivity index (χ0) is 22.6. The first-order valence-electron chi connectivity index (χ1n) is 12.8. The van der Waals surface area contributed by atoms with Crippen molar-refractivity contribution in [3.05, 3.63) is 62.3 Å². The molecule has 1 unspecified atom stereocenters. The fourth-order valence-electron chi connectivity index (χ4n) is 5.75. The van der Waals surface area contributed by atoms with Gasteiger partial charge in [-0.3, -0.25) is 0 Å². The highest BCUT2D eigenvalue weighted by atomic mass is 32.1. The predicted molar refractivity (Wildman–Crippen MR) is 136 cm³/mol. The van der Waals surface area contributed by atoms with Gasteiger partial charge in [-0.05, 0) is 106 Å². The molecular weight excluding hydrogens is 428 g/mol. The Morgan fingerprint density at radius 1 is 1.15 bits per heavy atom. The van der Waals surface area contributed by atoms with E-state index in [-0.39, 0.29) is 5.97 Å². The molecule has 2 saturated heterocycles. The molecule has 0 saturated carbocycles. The summed E-state index contributed by atoms with van der Waals surface area (Å²) >= 11 is 1.63. The van der Waals surface area contributed by atoms with Crippen molar-refractivity contribution in [3.63, 3.8) is 0 Å². The van der Waals surface area contributed by atoms with Gasteiger partial charge in [0, 0.05) is 18.0 Å². The van der Waals surface area contributed by atoms with Crippen LogP contribution in [-0.2, 0) is 17.6 Å². The van der Waals surface area contributed by atoms with Crippen molar-refractivity contribution in [2.45, 2.75) is 51.9 Å². The van der Waals surface area contributed by atoms with Gasteiger partial charge in [-0.1, -0.05) is 29.8 Å². The number of aryl methyl sites for hydroxylation is 2. The molecular formula is C28H36N2O2S. The number of piperidine rings is 1. The summed E-state index contributed by atoms with van der Waals surface area (Å²) in [5, 5.41) is 3.49. The standard InChI is InChI=1S/C28H36N2O2S/c1-2-32-28(31)26-18-24-25(33-26)10-9-21-7-3-4-8-23(21)27(24)22-12-16-30(17-13-22)15-5-6-20-11-14-29-19-20/h3-4,7-8,18,20,29H,2,5-6,9-17,19H2,1H3. The molecule has 1 atom stereocenters. The van der Waals surface area contributed by atoms with E-state index in [9.17, 15) is 4.79 Å². The first-order chi connectivity index (χ1) is 16.2. The predicted octanol–water partition coefficient (Wildman–Crippen LogP) is 5.31. The van der Waals surface area contributed by atoms with Crippen molar-refractivity contribution in [3.8, 4) is 0 Å². The quantitative estimate of drug-likeness (QED) is 0.588. The fraction of sp³-hybridized carbons (Fsp3) is 0.536. The van der Waals surface area contributed by atoms with Crippen molar-refractivity contribution in [1.29, 1.82) is 0 Å². The summed E-state index contributed by atoms with van der Waals surface area (Å²) in [6.45, 7) is 8.24. The van der Waals surface area contributed by atoms with Crippen LogP contribution < -0.4 is 5.32 Å². The van der Waals surface area contributed by atoms with E-state index in [4.69, 9.17) is 4.74 Å². The lowest BCUT2D eigenvalue weighted by molar-refractivity contribution is 0.0532. The Morgan fingerprint density at radius 3 is 2.79 bits per heavy atom. The van der Waals surface area contributed by atoms with Crippen LogP contribution in [0.1, 0.15) is 70.3 Å². The number of ether oxygens (including phenoxy) is 1. The highest BCUT2D eigenvalue weighted by molar-refractivity contribution is 7.14. The molecule has 5 heteroatoms. The molecule has 0 bridgehead atoms. The second-order valence-corrected chi connectivity index (χ2v) is 10.8. The number of carbonyl (C=O) groups is 1. The summed E-state index contributed by atoms with van der Waals surface area (Å²) < 4.78 is 5.32. The summed E-state index contributed by atoms with van der Waals surface area (Å²) in [5.74, 6) is 0.709. The molecule has 33 heavy (non-hydrogen) atoms. The number of nitrogens with zero attached hydrogens (tertiary/aromatic N) is 1. The Hall–Kier alpha value is -1.95. The van der Waals surface area contributed by atoms with Gasteiger partial charge in [0.2, 0.25) is 0 Å². The number of hydrogen-bond donors (Lipinski definition) is 1. The minimum Gasteiger partial charge on any atom is -0.462 e. The fourth-order valence-corrected chi connectivity index (χ4v) is 6.81. The van der Waals surface area contributed by atoms with Crippen molar-refractivity contribution >= 4 is 22.9 Å². The topological polar surface area (TPSA) is 41.6 Å². The molecule has 3 heterocycles. The Morgan fingerprint density at radius 2 is 2.00 bits per heavy atom. The lowest BCUT2D eigenvalue weighted by Crippen LogP contribution is -2.32. The molecule has 0 spiro atoms. The largest absolute Gasteiger partial charge is 0.462 e. The second kappa shape index (κ2) is 10.5. The van der Waals surface area contributed by atoms with Crippen LogP contribution in [0.3, 0.4) is 0 Å². The van der Waals surface area contributed by atoms with Crippen molar-refractivity contribution in [1.82, 2.24) is 10.2 Å². The zero-order valence-electron chi connectivity index (χ0n) is 19.8. The smallest absolute Gasteiger partial charge is 0.348 e. The van der Waals surface area contributed by atoms with Crippen LogP contribution in [0.5, 0.6) is 0 Å². The minimum atomic E-state index is -0.180. The highest BCUT2D eigenvalue weighted by Crippen LogP contribution is 2.42. The molecule has 0 amide bonds. The summed E-state index contributed by atoms with van der Waals surface area (Å²) in [5.41, 5.74) is 7.07. The van der Waals surface area contributed by atoms with Crippen LogP contribution in [0.2, 0.25) is 0 Å². The average molecular weight is 465 g/mol. The lowest BCUT2D eigenvalue weighted by atomic mass is 9.87. The van der Waals surface area contributed by atoms with E-state index >= 15 is 0 Å². The maximum absolute atomic E-state index is 12.5. The van der Waals surface area contributed by atoms with Crippen LogP contribution in [0.15, 0.2) is 35.9 Å². The number of nitrogens with one attached hydrogen (secondary N) is 1. The van der Waals surface area contributed by atoms with Gasteiger partial charge in [-0.25, -0.2) is 4.79 Å². The first-order valence-corrected chi connectivity index (χ1v) is 13.6. The van der Waals surface area contributed by atoms with Gasteiger partial charge < -0.3 is 15.0 Å². The molecule has 2 fully saturated rings. The van der Waals surface area contributed by atoms with Gasteiger partial charge in [0.25, 0.3) is 0 Å². The van der Waals surface area contributed by atoms with E-state index in [1.807, 2.05) is 6.92 Å². The van der Waals surface area contributed by atoms with E-state index in [0.29, 0.717) is 6.61 Å². The number of benzene rings is 1. The van der Waals surface area contributed by atoms with E-state index < -0.39 is 0 Å². The molecule has 1 N–H and O–H groups in total. The third-order valence-corrected chi connectivity index (χ3v) is 8.70. The lowest BCUT2D eigenvalue weighted by Gasteiger charge is -2.30. The Kier molecular flexibility index (Phi) is 7.29. The maximum Gasteiger partial charge on any atom is 0.348 e. The molecule has 1 aromatic carbocycles. The number of thiophene rings is 1. The van der Waals surface area contributed by atoms with E-state index in [2.05, 4.69) is 40.5 Å². The SMILES string of the molecule is CCOC(=O)c1cc2c(s1)CCc1ccccc1C2=C1CCN(CCCC2CCNC2)CC1. The zero-order valence-corrected chi connectivity index (χ0v) is 20.6. The highest BCUT2D eigenvalue weighted by Gasteiger charge is 2.27. The number of rotatable bonds is 6. The molecule has 1 aliphatic carbocycles. The monoisotopic (exact) mass is 464 g/mol. The molecule has 2 aromatic rings. The maximum atomic E-state index is 12.5. The second-order valence-electron chi connectivity index (χ2n) is 9.65. The minimum absolute atomic E-state index is 0.180. The third-order valence-electron chi connectivity index (χ3n) is 7.53. The molecule has 5 rings (SSSR count). The molecule has 2 aliphatic heterocycles. The van der Waals surface area contributed by atoms with E-state index in [1.165, 1.54) is 66.0 Å². The van der Waals surface area contributed by atoms with Crippen LogP contribution in [0.25, 0.3) is 5.57 Å². The summed E-state index contributed by atoms with van der Waals surface area (Å²) in [6, 6.07) is 11.0. The molecule has 1 aromatic heterocycles. The van der Waals surface area contributed by atoms with Gasteiger partial charge in [-0.2, -0.15) is 0 Å². The van der Waals surface area contributed by atoms with Gasteiger partial charge in [0.1, 0.15) is 4.88 Å². The van der Waals surface area contributed by atoms with Gasteiger partial charge in [-0.15, -0.1) is 11.3 Å². The molecule has 4 nitrogen and oxygen atoms in total. The van der Waals surface area contributed by atoms with E-state index in [0.717, 1.165) is 49.6 Å². The summed E-state index contributed by atoms with van der Waals surface area (Å²) in [6.07, 6.45) is 8.31. The summed E-state index contributed by atoms with van der Waals surface area (Å²) in [4.78, 5) is 17.2. The number of likely N-dealkylation sites (tertiary alicyclic amines) is 1. The number of carbonyl (C=O) groups excluding carboxylic acids is 1. The summed E-state index contributed by atoms with van der Waals surface area (Å²) in [7, 11) is 0. The van der Waals surface area contributed by atoms with Gasteiger partial charge in [0.05, 0.1) is 6.61 Å². The molecule has 176 valence electrons.